The van der Waals surface area contributed by atoms with Crippen LogP contribution >= 0.6 is 11.6 Å². The van der Waals surface area contributed by atoms with E-state index in [1.165, 1.54) is 49.0 Å². The second-order valence-electron chi connectivity index (χ2n) is 9.83. The highest BCUT2D eigenvalue weighted by atomic mass is 35.5. The lowest BCUT2D eigenvalue weighted by Crippen LogP contribution is -1.91. The van der Waals surface area contributed by atoms with Gasteiger partial charge in [-0.2, -0.15) is 0 Å². The number of benzene rings is 7. The monoisotopic (exact) mass is 504 g/mol. The molecule has 7 aromatic carbocycles. The van der Waals surface area contributed by atoms with Gasteiger partial charge in [0.05, 0.1) is 5.02 Å². The topological polar surface area (TPSA) is 13.1 Å². The van der Waals surface area contributed by atoms with Crippen molar-refractivity contribution in [2.45, 2.75) is 0 Å². The molecule has 0 atom stereocenters. The van der Waals surface area contributed by atoms with Gasteiger partial charge < -0.3 is 4.42 Å². The van der Waals surface area contributed by atoms with Gasteiger partial charge in [-0.3, -0.25) is 0 Å². The van der Waals surface area contributed by atoms with Crippen LogP contribution in [0.2, 0.25) is 5.02 Å². The first kappa shape index (κ1) is 21.5. The molecular formula is C36H21ClO. The minimum absolute atomic E-state index is 0.703. The predicted molar refractivity (Wildman–Crippen MR) is 162 cm³/mol. The van der Waals surface area contributed by atoms with E-state index in [-0.39, 0.29) is 0 Å². The molecule has 0 saturated carbocycles. The van der Waals surface area contributed by atoms with Crippen molar-refractivity contribution in [3.8, 4) is 22.3 Å². The first-order valence-corrected chi connectivity index (χ1v) is 13.2. The molecule has 0 unspecified atom stereocenters. The van der Waals surface area contributed by atoms with E-state index in [4.69, 9.17) is 16.0 Å². The Hall–Kier alpha value is -4.59. The lowest BCUT2D eigenvalue weighted by Gasteiger charge is -2.18. The van der Waals surface area contributed by atoms with Crippen molar-refractivity contribution in [1.29, 1.82) is 0 Å². The Labute approximate surface area is 224 Å². The van der Waals surface area contributed by atoms with Crippen LogP contribution in [0.5, 0.6) is 0 Å². The highest BCUT2D eigenvalue weighted by Gasteiger charge is 2.19. The Morgan fingerprint density at radius 3 is 1.66 bits per heavy atom. The first-order chi connectivity index (χ1) is 18.8. The minimum atomic E-state index is 0.703. The van der Waals surface area contributed by atoms with Crippen LogP contribution in [0.25, 0.3) is 76.5 Å². The molecule has 38 heavy (non-hydrogen) atoms. The Bertz CT molecular complexity index is 2150. The standard InChI is InChI=1S/C36H21ClO/c37-31-20-25(21-33-36(31)30-15-7-8-16-32(30)38-33)35-28-13-5-3-11-26(28)34(27-12-4-6-14-29(27)35)24-18-17-22-9-1-2-10-23(22)19-24/h1-21H. The van der Waals surface area contributed by atoms with E-state index in [0.717, 1.165) is 27.5 Å². The summed E-state index contributed by atoms with van der Waals surface area (Å²) in [5.74, 6) is 0. The molecule has 8 aromatic rings. The van der Waals surface area contributed by atoms with Gasteiger partial charge in [-0.15, -0.1) is 0 Å². The molecule has 0 amide bonds. The smallest absolute Gasteiger partial charge is 0.137 e. The molecule has 0 bridgehead atoms. The maximum absolute atomic E-state index is 6.96. The lowest BCUT2D eigenvalue weighted by atomic mass is 9.85. The van der Waals surface area contributed by atoms with Gasteiger partial charge in [0.25, 0.3) is 0 Å². The fourth-order valence-electron chi connectivity index (χ4n) is 6.04. The van der Waals surface area contributed by atoms with Gasteiger partial charge in [0.2, 0.25) is 0 Å². The van der Waals surface area contributed by atoms with E-state index in [1.54, 1.807) is 0 Å². The van der Waals surface area contributed by atoms with Crippen molar-refractivity contribution < 1.29 is 4.42 Å². The van der Waals surface area contributed by atoms with E-state index in [0.29, 0.717) is 5.02 Å². The molecule has 0 N–H and O–H groups in total. The van der Waals surface area contributed by atoms with E-state index >= 15 is 0 Å². The van der Waals surface area contributed by atoms with Crippen LogP contribution in [0.3, 0.4) is 0 Å². The molecule has 0 radical (unpaired) electrons. The molecule has 0 aliphatic carbocycles. The van der Waals surface area contributed by atoms with Crippen LogP contribution in [-0.4, -0.2) is 0 Å². The third-order valence-electron chi connectivity index (χ3n) is 7.69. The van der Waals surface area contributed by atoms with E-state index in [2.05, 4.69) is 109 Å². The van der Waals surface area contributed by atoms with Crippen LogP contribution < -0.4 is 0 Å². The number of hydrogen-bond acceptors (Lipinski definition) is 1. The summed E-state index contributed by atoms with van der Waals surface area (Å²) in [4.78, 5) is 0. The largest absolute Gasteiger partial charge is 0.456 e. The fraction of sp³-hybridized carbons (Fsp3) is 0. The van der Waals surface area contributed by atoms with Gasteiger partial charge in [0.1, 0.15) is 11.2 Å². The molecule has 178 valence electrons. The van der Waals surface area contributed by atoms with Crippen LogP contribution in [0.1, 0.15) is 0 Å². The summed E-state index contributed by atoms with van der Waals surface area (Å²) in [5, 5.41) is 10.0. The zero-order valence-electron chi connectivity index (χ0n) is 20.4. The zero-order chi connectivity index (χ0) is 25.2. The third-order valence-corrected chi connectivity index (χ3v) is 7.99. The van der Waals surface area contributed by atoms with Crippen molar-refractivity contribution in [1.82, 2.24) is 0 Å². The zero-order valence-corrected chi connectivity index (χ0v) is 21.2. The van der Waals surface area contributed by atoms with Gasteiger partial charge in [-0.1, -0.05) is 115 Å². The number of rotatable bonds is 2. The average molecular weight is 505 g/mol. The van der Waals surface area contributed by atoms with E-state index < -0.39 is 0 Å². The molecule has 0 spiro atoms. The third kappa shape index (κ3) is 3.13. The Balaban J connectivity index is 1.49. The van der Waals surface area contributed by atoms with Crippen molar-refractivity contribution in [3.63, 3.8) is 0 Å². The van der Waals surface area contributed by atoms with Crippen molar-refractivity contribution >= 4 is 65.9 Å². The Morgan fingerprint density at radius 2 is 0.974 bits per heavy atom. The summed E-state index contributed by atoms with van der Waals surface area (Å²) in [6.45, 7) is 0. The predicted octanol–water partition coefficient (Wildman–Crippen LogP) is 11.0. The molecular weight excluding hydrogens is 484 g/mol. The highest BCUT2D eigenvalue weighted by molar-refractivity contribution is 6.38. The summed E-state index contributed by atoms with van der Waals surface area (Å²) in [6, 6.07) is 45.0. The van der Waals surface area contributed by atoms with Crippen LogP contribution in [0, 0.1) is 0 Å². The summed E-state index contributed by atoms with van der Waals surface area (Å²) in [6.07, 6.45) is 0. The molecule has 0 aliphatic rings. The number of para-hydroxylation sites is 1. The summed E-state index contributed by atoms with van der Waals surface area (Å²) >= 11 is 6.96. The number of halogens is 1. The Morgan fingerprint density at radius 1 is 0.421 bits per heavy atom. The minimum Gasteiger partial charge on any atom is -0.456 e. The second kappa shape index (κ2) is 8.21. The average Bonchev–Trinajstić information content (AvgIpc) is 3.34. The summed E-state index contributed by atoms with van der Waals surface area (Å²) in [5.41, 5.74) is 6.35. The highest BCUT2D eigenvalue weighted by Crippen LogP contribution is 2.46. The quantitative estimate of drug-likeness (QED) is 0.213. The van der Waals surface area contributed by atoms with Gasteiger partial charge in [-0.05, 0) is 78.8 Å². The molecule has 2 heteroatoms. The number of fused-ring (bicyclic) bond motifs is 6. The molecule has 0 fully saturated rings. The molecule has 1 nitrogen and oxygen atoms in total. The van der Waals surface area contributed by atoms with Gasteiger partial charge in [0, 0.05) is 10.8 Å². The second-order valence-corrected chi connectivity index (χ2v) is 10.2. The summed E-state index contributed by atoms with van der Waals surface area (Å²) < 4.78 is 6.27. The SMILES string of the molecule is Clc1cc(-c2c3ccccc3c(-c3ccc4ccccc4c3)c3ccccc23)cc2oc3ccccc3c12. The van der Waals surface area contributed by atoms with Gasteiger partial charge >= 0.3 is 0 Å². The normalized spacial score (nSPS) is 11.8. The molecule has 0 saturated heterocycles. The maximum Gasteiger partial charge on any atom is 0.137 e. The Kier molecular flexibility index (Phi) is 4.64. The molecule has 0 aliphatic heterocycles. The molecule has 1 heterocycles. The van der Waals surface area contributed by atoms with Crippen molar-refractivity contribution in [3.05, 3.63) is 132 Å². The van der Waals surface area contributed by atoms with Crippen LogP contribution in [-0.2, 0) is 0 Å². The summed E-state index contributed by atoms with van der Waals surface area (Å²) in [7, 11) is 0. The molecule has 1 aromatic heterocycles. The fourth-order valence-corrected chi connectivity index (χ4v) is 6.36. The van der Waals surface area contributed by atoms with Crippen LogP contribution in [0.4, 0.5) is 0 Å². The maximum atomic E-state index is 6.96. The van der Waals surface area contributed by atoms with Gasteiger partial charge in [-0.25, -0.2) is 0 Å². The van der Waals surface area contributed by atoms with E-state index in [9.17, 15) is 0 Å². The number of hydrogen-bond donors (Lipinski definition) is 0. The van der Waals surface area contributed by atoms with Crippen molar-refractivity contribution in [2.75, 3.05) is 0 Å². The number of furan rings is 1. The lowest BCUT2D eigenvalue weighted by molar-refractivity contribution is 0.669. The van der Waals surface area contributed by atoms with Crippen molar-refractivity contribution in [2.24, 2.45) is 0 Å². The molecule has 8 rings (SSSR count). The van der Waals surface area contributed by atoms with Crippen LogP contribution in [0.15, 0.2) is 132 Å². The van der Waals surface area contributed by atoms with Gasteiger partial charge in [0.15, 0.2) is 0 Å². The first-order valence-electron chi connectivity index (χ1n) is 12.8. The van der Waals surface area contributed by atoms with E-state index in [1.807, 2.05) is 18.2 Å².